The first-order valence-electron chi connectivity index (χ1n) is 6.84. The van der Waals surface area contributed by atoms with Crippen LogP contribution in [0.4, 0.5) is 4.79 Å². The number of nitrogens with one attached hydrogen (secondary N) is 1. The summed E-state index contributed by atoms with van der Waals surface area (Å²) in [6.45, 7) is 6.80. The molecule has 0 aliphatic carbocycles. The highest BCUT2D eigenvalue weighted by Crippen LogP contribution is 2.15. The second-order valence-corrected chi connectivity index (χ2v) is 5.01. The van der Waals surface area contributed by atoms with E-state index in [1.807, 2.05) is 4.90 Å². The molecular weight excluding hydrogens is 216 g/mol. The van der Waals surface area contributed by atoms with Gasteiger partial charge in [0.25, 0.3) is 0 Å². The number of rotatable bonds is 5. The van der Waals surface area contributed by atoms with Crippen LogP contribution in [-0.4, -0.2) is 42.3 Å². The number of aliphatic hydroxyl groups is 1. The topological polar surface area (TPSA) is 52.6 Å². The van der Waals surface area contributed by atoms with Crippen molar-refractivity contribution in [2.45, 2.75) is 39.5 Å². The van der Waals surface area contributed by atoms with Crippen molar-refractivity contribution >= 4 is 6.03 Å². The summed E-state index contributed by atoms with van der Waals surface area (Å²) in [7, 11) is 0. The van der Waals surface area contributed by atoms with Gasteiger partial charge >= 0.3 is 6.03 Å². The van der Waals surface area contributed by atoms with Crippen molar-refractivity contribution in [2.24, 2.45) is 11.8 Å². The zero-order valence-corrected chi connectivity index (χ0v) is 11.1. The lowest BCUT2D eigenvalue weighted by atomic mass is 9.99. The summed E-state index contributed by atoms with van der Waals surface area (Å²) in [5, 5.41) is 12.1. The van der Waals surface area contributed by atoms with E-state index in [9.17, 15) is 4.79 Å². The Morgan fingerprint density at radius 2 is 2.18 bits per heavy atom. The molecule has 0 aromatic carbocycles. The van der Waals surface area contributed by atoms with E-state index in [0.29, 0.717) is 12.5 Å². The highest BCUT2D eigenvalue weighted by atomic mass is 16.3. The fourth-order valence-electron chi connectivity index (χ4n) is 2.32. The van der Waals surface area contributed by atoms with Gasteiger partial charge in [-0.3, -0.25) is 0 Å². The van der Waals surface area contributed by atoms with E-state index < -0.39 is 0 Å². The van der Waals surface area contributed by atoms with Gasteiger partial charge in [0.05, 0.1) is 0 Å². The van der Waals surface area contributed by atoms with Crippen LogP contribution in [0, 0.1) is 11.8 Å². The molecule has 1 aliphatic heterocycles. The van der Waals surface area contributed by atoms with E-state index in [0.717, 1.165) is 38.8 Å². The third-order valence-corrected chi connectivity index (χ3v) is 3.76. The normalized spacial score (nSPS) is 20.7. The number of nitrogens with zero attached hydrogens (tertiary/aromatic N) is 1. The van der Waals surface area contributed by atoms with Gasteiger partial charge < -0.3 is 15.3 Å². The molecule has 2 N–H and O–H groups in total. The van der Waals surface area contributed by atoms with Crippen LogP contribution in [0.25, 0.3) is 0 Å². The highest BCUT2D eigenvalue weighted by Gasteiger charge is 2.23. The molecule has 0 aromatic rings. The molecule has 1 heterocycles. The van der Waals surface area contributed by atoms with Gasteiger partial charge in [-0.2, -0.15) is 0 Å². The van der Waals surface area contributed by atoms with Crippen LogP contribution in [0.15, 0.2) is 0 Å². The molecule has 100 valence electrons. The first kappa shape index (κ1) is 14.3. The highest BCUT2D eigenvalue weighted by molar-refractivity contribution is 5.74. The van der Waals surface area contributed by atoms with Crippen molar-refractivity contribution in [2.75, 3.05) is 26.2 Å². The molecule has 0 bridgehead atoms. The predicted molar refractivity (Wildman–Crippen MR) is 68.9 cm³/mol. The smallest absolute Gasteiger partial charge is 0.317 e. The second kappa shape index (κ2) is 7.54. The summed E-state index contributed by atoms with van der Waals surface area (Å²) >= 11 is 0. The number of urea groups is 1. The standard InChI is InChI=1S/C13H26N2O2/c1-3-11(4-2)8-14-13(17)15-7-5-6-12(9-15)10-16/h11-12,16H,3-10H2,1-2H3,(H,14,17). The van der Waals surface area contributed by atoms with Crippen LogP contribution in [0.2, 0.25) is 0 Å². The number of amides is 2. The van der Waals surface area contributed by atoms with Crippen LogP contribution in [0.3, 0.4) is 0 Å². The predicted octanol–water partition coefficient (Wildman–Crippen LogP) is 1.84. The summed E-state index contributed by atoms with van der Waals surface area (Å²) in [4.78, 5) is 13.8. The molecule has 1 unspecified atom stereocenters. The molecule has 17 heavy (non-hydrogen) atoms. The Morgan fingerprint density at radius 3 is 2.76 bits per heavy atom. The molecule has 4 heteroatoms. The SMILES string of the molecule is CCC(CC)CNC(=O)N1CCCC(CO)C1. The van der Waals surface area contributed by atoms with E-state index in [4.69, 9.17) is 5.11 Å². The molecule has 1 rings (SSSR count). The fraction of sp³-hybridized carbons (Fsp3) is 0.923. The van der Waals surface area contributed by atoms with Gasteiger partial charge in [-0.1, -0.05) is 26.7 Å². The number of hydrogen-bond acceptors (Lipinski definition) is 2. The zero-order valence-electron chi connectivity index (χ0n) is 11.1. The number of aliphatic hydroxyl groups excluding tert-OH is 1. The molecule has 1 atom stereocenters. The Kier molecular flexibility index (Phi) is 6.34. The van der Waals surface area contributed by atoms with Gasteiger partial charge in [-0.05, 0) is 24.7 Å². The summed E-state index contributed by atoms with van der Waals surface area (Å²) in [6, 6.07) is 0.0371. The second-order valence-electron chi connectivity index (χ2n) is 5.01. The molecule has 4 nitrogen and oxygen atoms in total. The Labute approximate surface area is 104 Å². The van der Waals surface area contributed by atoms with Crippen LogP contribution in [-0.2, 0) is 0 Å². The van der Waals surface area contributed by atoms with E-state index >= 15 is 0 Å². The Bertz CT molecular complexity index is 229. The van der Waals surface area contributed by atoms with Gasteiger partial charge in [0.2, 0.25) is 0 Å². The number of piperidine rings is 1. The molecule has 0 spiro atoms. The van der Waals surface area contributed by atoms with Crippen LogP contribution in [0.1, 0.15) is 39.5 Å². The van der Waals surface area contributed by atoms with Crippen molar-refractivity contribution in [1.29, 1.82) is 0 Å². The third kappa shape index (κ3) is 4.54. The summed E-state index contributed by atoms with van der Waals surface area (Å²) in [5.41, 5.74) is 0. The summed E-state index contributed by atoms with van der Waals surface area (Å²) in [6.07, 6.45) is 4.25. The molecular formula is C13H26N2O2. The average molecular weight is 242 g/mol. The van der Waals surface area contributed by atoms with E-state index in [1.165, 1.54) is 0 Å². The molecule has 1 aliphatic rings. The molecule has 0 saturated carbocycles. The van der Waals surface area contributed by atoms with Crippen molar-refractivity contribution in [3.8, 4) is 0 Å². The maximum absolute atomic E-state index is 11.9. The first-order chi connectivity index (χ1) is 8.21. The van der Waals surface area contributed by atoms with Crippen molar-refractivity contribution in [1.82, 2.24) is 10.2 Å². The van der Waals surface area contributed by atoms with E-state index in [1.54, 1.807) is 0 Å². The number of hydrogen-bond donors (Lipinski definition) is 2. The Hall–Kier alpha value is -0.770. The van der Waals surface area contributed by atoms with E-state index in [-0.39, 0.29) is 18.6 Å². The maximum Gasteiger partial charge on any atom is 0.317 e. The van der Waals surface area contributed by atoms with Gasteiger partial charge in [-0.25, -0.2) is 4.79 Å². The Morgan fingerprint density at radius 1 is 1.47 bits per heavy atom. The van der Waals surface area contributed by atoms with Gasteiger partial charge in [0, 0.05) is 26.2 Å². The van der Waals surface area contributed by atoms with Gasteiger partial charge in [0.1, 0.15) is 0 Å². The van der Waals surface area contributed by atoms with Crippen LogP contribution in [0.5, 0.6) is 0 Å². The average Bonchev–Trinajstić information content (AvgIpc) is 2.39. The minimum absolute atomic E-state index is 0.0371. The van der Waals surface area contributed by atoms with Gasteiger partial charge in [-0.15, -0.1) is 0 Å². The summed E-state index contributed by atoms with van der Waals surface area (Å²) in [5.74, 6) is 0.847. The number of carbonyl (C=O) groups excluding carboxylic acids is 1. The minimum atomic E-state index is 0.0371. The monoisotopic (exact) mass is 242 g/mol. The molecule has 1 fully saturated rings. The lowest BCUT2D eigenvalue weighted by Crippen LogP contribution is -2.47. The number of likely N-dealkylation sites (tertiary alicyclic amines) is 1. The van der Waals surface area contributed by atoms with Crippen LogP contribution >= 0.6 is 0 Å². The maximum atomic E-state index is 11.9. The lowest BCUT2D eigenvalue weighted by Gasteiger charge is -2.32. The van der Waals surface area contributed by atoms with Crippen molar-refractivity contribution in [3.63, 3.8) is 0 Å². The minimum Gasteiger partial charge on any atom is -0.396 e. The largest absolute Gasteiger partial charge is 0.396 e. The van der Waals surface area contributed by atoms with E-state index in [2.05, 4.69) is 19.2 Å². The first-order valence-corrected chi connectivity index (χ1v) is 6.84. The zero-order chi connectivity index (χ0) is 12.7. The third-order valence-electron chi connectivity index (χ3n) is 3.76. The number of carbonyl (C=O) groups is 1. The Balaban J connectivity index is 2.31. The van der Waals surface area contributed by atoms with Gasteiger partial charge in [0.15, 0.2) is 0 Å². The molecule has 1 saturated heterocycles. The fourth-order valence-corrected chi connectivity index (χ4v) is 2.32. The lowest BCUT2D eigenvalue weighted by molar-refractivity contribution is 0.129. The quantitative estimate of drug-likeness (QED) is 0.773. The molecule has 2 amide bonds. The molecule has 0 aromatic heterocycles. The van der Waals surface area contributed by atoms with Crippen molar-refractivity contribution < 1.29 is 9.90 Å². The van der Waals surface area contributed by atoms with Crippen molar-refractivity contribution in [3.05, 3.63) is 0 Å². The molecule has 0 radical (unpaired) electrons. The van der Waals surface area contributed by atoms with Crippen LogP contribution < -0.4 is 5.32 Å². The summed E-state index contributed by atoms with van der Waals surface area (Å²) < 4.78 is 0.